The molecule has 0 saturated carbocycles. The Labute approximate surface area is 551 Å². The number of quaternary nitrogens is 1. The quantitative estimate of drug-likeness (QED) is 0.0195. The second-order valence-corrected chi connectivity index (χ2v) is 26.9. The van der Waals surface area contributed by atoms with Gasteiger partial charge in [0.15, 0.2) is 12.4 Å². The Kier molecular flexibility index (Phi) is 68.0. The van der Waals surface area contributed by atoms with Gasteiger partial charge in [0.05, 0.1) is 40.3 Å². The van der Waals surface area contributed by atoms with E-state index in [1.165, 1.54) is 257 Å². The summed E-state index contributed by atoms with van der Waals surface area (Å²) < 4.78 is 22.9. The molecule has 518 valence electrons. The van der Waals surface area contributed by atoms with Gasteiger partial charge in [0.1, 0.15) is 13.2 Å². The number of allylic oxidation sites excluding steroid dienone is 12. The highest BCUT2D eigenvalue weighted by Crippen LogP contribution is 2.19. The summed E-state index contributed by atoms with van der Waals surface area (Å²) in [6, 6.07) is 0. The van der Waals surface area contributed by atoms with Crippen molar-refractivity contribution >= 4 is 17.9 Å². The van der Waals surface area contributed by atoms with E-state index >= 15 is 0 Å². The second kappa shape index (κ2) is 70.6. The van der Waals surface area contributed by atoms with Gasteiger partial charge in [-0.05, 0) is 64.2 Å². The first-order valence-electron chi connectivity index (χ1n) is 38.1. The van der Waals surface area contributed by atoms with Crippen LogP contribution in [-0.2, 0) is 33.3 Å². The van der Waals surface area contributed by atoms with Crippen LogP contribution in [0, 0.1) is 0 Å². The average Bonchev–Trinajstić information content (AvgIpc) is 3.64. The van der Waals surface area contributed by atoms with Crippen molar-refractivity contribution in [3.05, 3.63) is 72.9 Å². The van der Waals surface area contributed by atoms with Crippen LogP contribution in [0.5, 0.6) is 0 Å². The molecule has 89 heavy (non-hydrogen) atoms. The fraction of sp³-hybridized carbons (Fsp3) is 0.812. The minimum absolute atomic E-state index is 0.150. The third-order valence-corrected chi connectivity index (χ3v) is 17.0. The van der Waals surface area contributed by atoms with Crippen molar-refractivity contribution in [2.24, 2.45) is 0 Å². The van der Waals surface area contributed by atoms with Gasteiger partial charge in [-0.1, -0.05) is 356 Å². The topological polar surface area (TPSA) is 111 Å². The molecule has 2 unspecified atom stereocenters. The fourth-order valence-corrected chi connectivity index (χ4v) is 11.2. The fourth-order valence-electron chi connectivity index (χ4n) is 11.2. The molecule has 0 fully saturated rings. The Morgan fingerprint density at radius 3 is 0.955 bits per heavy atom. The molecule has 2 atom stereocenters. The van der Waals surface area contributed by atoms with Gasteiger partial charge in [0.2, 0.25) is 0 Å². The Hall–Kier alpha value is -3.27. The summed E-state index contributed by atoms with van der Waals surface area (Å²) in [6.45, 7) is 4.70. The molecule has 0 aliphatic heterocycles. The number of carbonyl (C=O) groups is 3. The van der Waals surface area contributed by atoms with Crippen LogP contribution >= 0.6 is 0 Å². The predicted octanol–water partition coefficient (Wildman–Crippen LogP) is 22.7. The number of rotatable bonds is 71. The summed E-state index contributed by atoms with van der Waals surface area (Å²) in [7, 11) is 5.95. The molecule has 0 N–H and O–H groups in total. The number of unbranched alkanes of at least 4 members (excludes halogenated alkanes) is 44. The van der Waals surface area contributed by atoms with Gasteiger partial charge in [0, 0.05) is 12.8 Å². The Morgan fingerprint density at radius 1 is 0.348 bits per heavy atom. The minimum Gasteiger partial charge on any atom is -0.545 e. The molecule has 0 radical (unpaired) electrons. The number of esters is 2. The van der Waals surface area contributed by atoms with Gasteiger partial charge in [-0.3, -0.25) is 9.59 Å². The lowest BCUT2D eigenvalue weighted by molar-refractivity contribution is -0.870. The summed E-state index contributed by atoms with van der Waals surface area (Å²) in [5.41, 5.74) is 0. The van der Waals surface area contributed by atoms with Crippen LogP contribution in [0.4, 0.5) is 0 Å². The van der Waals surface area contributed by atoms with Gasteiger partial charge in [-0.15, -0.1) is 0 Å². The van der Waals surface area contributed by atoms with Gasteiger partial charge >= 0.3 is 11.9 Å². The van der Waals surface area contributed by atoms with Crippen molar-refractivity contribution in [3.8, 4) is 0 Å². The van der Waals surface area contributed by atoms with Crippen molar-refractivity contribution in [3.63, 3.8) is 0 Å². The van der Waals surface area contributed by atoms with E-state index in [-0.39, 0.29) is 32.2 Å². The maximum atomic E-state index is 13.0. The summed E-state index contributed by atoms with van der Waals surface area (Å²) >= 11 is 0. The van der Waals surface area contributed by atoms with Crippen molar-refractivity contribution in [2.45, 2.75) is 373 Å². The molecule has 0 aliphatic carbocycles. The zero-order valence-electron chi connectivity index (χ0n) is 59.3. The van der Waals surface area contributed by atoms with Gasteiger partial charge < -0.3 is 33.3 Å². The largest absolute Gasteiger partial charge is 0.545 e. The molecule has 0 amide bonds. The molecule has 0 saturated heterocycles. The Balaban J connectivity index is 4.00. The normalized spacial score (nSPS) is 13.0. The molecule has 0 heterocycles. The van der Waals surface area contributed by atoms with Crippen molar-refractivity contribution < 1.29 is 42.9 Å². The molecule has 0 aromatic rings. The van der Waals surface area contributed by atoms with Crippen LogP contribution in [-0.4, -0.2) is 82.3 Å². The lowest BCUT2D eigenvalue weighted by atomic mass is 10.0. The summed E-state index contributed by atoms with van der Waals surface area (Å²) in [6.07, 6.45) is 91.5. The van der Waals surface area contributed by atoms with Crippen molar-refractivity contribution in [1.29, 1.82) is 0 Å². The van der Waals surface area contributed by atoms with Crippen LogP contribution < -0.4 is 5.11 Å². The molecule has 9 heteroatoms. The number of carbonyl (C=O) groups excluding carboxylic acids is 3. The lowest BCUT2D eigenvalue weighted by Crippen LogP contribution is -2.44. The smallest absolute Gasteiger partial charge is 0.306 e. The number of hydrogen-bond donors (Lipinski definition) is 0. The molecular weight excluding hydrogens is 1100 g/mol. The maximum absolute atomic E-state index is 13.0. The number of aliphatic carboxylic acids is 1. The van der Waals surface area contributed by atoms with E-state index in [1.807, 2.05) is 21.1 Å². The number of carboxylic acids is 1. The van der Waals surface area contributed by atoms with Gasteiger partial charge in [-0.2, -0.15) is 0 Å². The highest BCUT2D eigenvalue weighted by Gasteiger charge is 2.22. The zero-order valence-corrected chi connectivity index (χ0v) is 59.3. The van der Waals surface area contributed by atoms with E-state index < -0.39 is 24.3 Å². The van der Waals surface area contributed by atoms with E-state index in [2.05, 4.69) is 86.8 Å². The van der Waals surface area contributed by atoms with E-state index in [9.17, 15) is 19.5 Å². The summed E-state index contributed by atoms with van der Waals surface area (Å²) in [5.74, 6) is -2.25. The maximum Gasteiger partial charge on any atom is 0.306 e. The number of carboxylic acid groups (broad SMARTS) is 1. The molecule has 0 rings (SSSR count). The van der Waals surface area contributed by atoms with E-state index in [1.54, 1.807) is 0 Å². The van der Waals surface area contributed by atoms with Crippen LogP contribution in [0.25, 0.3) is 0 Å². The number of hydrogen-bond acceptors (Lipinski definition) is 8. The first kappa shape index (κ1) is 85.7. The molecule has 0 aliphatic rings. The molecule has 0 spiro atoms. The lowest BCUT2D eigenvalue weighted by Gasteiger charge is -2.26. The number of likely N-dealkylation sites (N-methyl/N-ethyl adjacent to an activating group) is 1. The van der Waals surface area contributed by atoms with Crippen LogP contribution in [0.3, 0.4) is 0 Å². The molecular formula is C80H145NO8. The molecule has 0 aromatic carbocycles. The van der Waals surface area contributed by atoms with E-state index in [0.29, 0.717) is 23.9 Å². The highest BCUT2D eigenvalue weighted by molar-refractivity contribution is 5.70. The average molecular weight is 1250 g/mol. The SMILES string of the molecule is CC/C=C\C/C=C\C/C=C\C/C=C\C/C=C\C/C=C\CCCCCCCCCCCCCCCCCCCCCCC(=O)OC(COC(=O)CCCCCCCCCCCCCCCCCCCCCCCCCCC)COC(OCC[N+](C)(C)C)C(=O)[O-]. The predicted molar refractivity (Wildman–Crippen MR) is 380 cm³/mol. The number of nitrogens with zero attached hydrogens (tertiary/aromatic N) is 1. The van der Waals surface area contributed by atoms with Crippen LogP contribution in [0.2, 0.25) is 0 Å². The third-order valence-electron chi connectivity index (χ3n) is 17.0. The second-order valence-electron chi connectivity index (χ2n) is 26.9. The van der Waals surface area contributed by atoms with Crippen LogP contribution in [0.15, 0.2) is 72.9 Å². The minimum atomic E-state index is -1.62. The van der Waals surface area contributed by atoms with Crippen molar-refractivity contribution in [1.82, 2.24) is 0 Å². The third kappa shape index (κ3) is 72.0. The molecule has 9 nitrogen and oxygen atoms in total. The Morgan fingerprint density at radius 2 is 0.640 bits per heavy atom. The number of ether oxygens (including phenoxy) is 4. The Bertz CT molecular complexity index is 1690. The first-order chi connectivity index (χ1) is 43.6. The van der Waals surface area contributed by atoms with E-state index in [4.69, 9.17) is 18.9 Å². The monoisotopic (exact) mass is 1250 g/mol. The summed E-state index contributed by atoms with van der Waals surface area (Å²) in [5, 5.41) is 11.8. The van der Waals surface area contributed by atoms with Crippen LogP contribution in [0.1, 0.15) is 361 Å². The van der Waals surface area contributed by atoms with E-state index in [0.717, 1.165) is 70.6 Å². The standard InChI is InChI=1S/C80H145NO8/c1-6-8-10-12-14-16-18-20-22-24-26-28-30-32-33-34-35-36-37-38-39-40-41-42-43-44-45-47-49-51-53-55-57-59-61-63-65-67-69-71-78(83)89-76(75-88-80(79(84)85)86-73-72-81(3,4)5)74-87-77(82)70-68-66-64-62-60-58-56-54-52-50-48-46-31-29-27-25-23-21-19-17-15-13-11-9-7-2/h8,10,14,16,20,22,26,28,32-33,35-36,76,80H,6-7,9,11-13,15,17-19,21,23-25,27,29-31,34,37-75H2,1-5H3/b10-8-,16-14-,22-20-,28-26-,33-32-,36-35-. The highest BCUT2D eigenvalue weighted by atomic mass is 16.7. The zero-order chi connectivity index (χ0) is 64.7. The van der Waals surface area contributed by atoms with Gasteiger partial charge in [-0.25, -0.2) is 0 Å². The summed E-state index contributed by atoms with van der Waals surface area (Å²) in [4.78, 5) is 37.5. The van der Waals surface area contributed by atoms with Crippen molar-refractivity contribution in [2.75, 3.05) is 47.5 Å². The molecule has 0 bridgehead atoms. The first-order valence-corrected chi connectivity index (χ1v) is 38.1. The van der Waals surface area contributed by atoms with Gasteiger partial charge in [0.25, 0.3) is 0 Å². The molecule has 0 aromatic heterocycles.